The number of Topliss-reactive ketones (excluding diaryl/α,β-unsaturated/α-hetero) is 1. The molecule has 1 aromatic heterocycles. The lowest BCUT2D eigenvalue weighted by Crippen LogP contribution is -2.01. The highest BCUT2D eigenvalue weighted by Crippen LogP contribution is 2.45. The highest BCUT2D eigenvalue weighted by Gasteiger charge is 2.33. The predicted molar refractivity (Wildman–Crippen MR) is 132 cm³/mol. The van der Waals surface area contributed by atoms with Crippen LogP contribution in [0.25, 0.3) is 28.4 Å². The Labute approximate surface area is 206 Å². The number of benzene rings is 3. The summed E-state index contributed by atoms with van der Waals surface area (Å²) in [7, 11) is 4.64. The topological polar surface area (TPSA) is 104 Å². The smallest absolute Gasteiger partial charge is 0.307 e. The Kier molecular flexibility index (Phi) is 5.85. The monoisotopic (exact) mass is 486 g/mol. The van der Waals surface area contributed by atoms with Gasteiger partial charge in [-0.2, -0.15) is 0 Å². The zero-order chi connectivity index (χ0) is 25.4. The molecule has 0 amide bonds. The van der Waals surface area contributed by atoms with Crippen LogP contribution in [0.15, 0.2) is 64.8 Å². The number of ketones is 1. The van der Waals surface area contributed by atoms with E-state index in [4.69, 9.17) is 23.4 Å². The second kappa shape index (κ2) is 9.14. The molecule has 8 heteroatoms. The first-order chi connectivity index (χ1) is 17.4. The van der Waals surface area contributed by atoms with Gasteiger partial charge in [-0.15, -0.1) is 0 Å². The van der Waals surface area contributed by atoms with Gasteiger partial charge in [0, 0.05) is 22.8 Å². The quantitative estimate of drug-likeness (QED) is 0.348. The van der Waals surface area contributed by atoms with Crippen molar-refractivity contribution >= 4 is 28.8 Å². The van der Waals surface area contributed by atoms with Crippen LogP contribution in [0.5, 0.6) is 23.0 Å². The van der Waals surface area contributed by atoms with Gasteiger partial charge >= 0.3 is 5.97 Å². The molecule has 182 valence electrons. The maximum atomic E-state index is 13.2. The molecule has 0 bridgehead atoms. The van der Waals surface area contributed by atoms with Gasteiger partial charge in [-0.25, -0.2) is 0 Å². The van der Waals surface area contributed by atoms with Crippen molar-refractivity contribution in [2.24, 2.45) is 0 Å². The molecule has 0 spiro atoms. The number of hydrogen-bond donors (Lipinski definition) is 1. The van der Waals surface area contributed by atoms with E-state index in [1.165, 1.54) is 7.11 Å². The van der Waals surface area contributed by atoms with Crippen LogP contribution in [-0.2, 0) is 11.2 Å². The summed E-state index contributed by atoms with van der Waals surface area (Å²) in [5.74, 6) is 1.19. The average Bonchev–Trinajstić information content (AvgIpc) is 3.41. The van der Waals surface area contributed by atoms with Crippen molar-refractivity contribution < 1.29 is 38.1 Å². The van der Waals surface area contributed by atoms with E-state index in [2.05, 4.69) is 0 Å². The van der Waals surface area contributed by atoms with Crippen molar-refractivity contribution in [3.05, 3.63) is 77.0 Å². The first-order valence-corrected chi connectivity index (χ1v) is 11.0. The molecule has 2 heterocycles. The number of fused-ring (bicyclic) bond motifs is 3. The molecule has 0 saturated heterocycles. The van der Waals surface area contributed by atoms with Crippen LogP contribution in [0.4, 0.5) is 0 Å². The zero-order valence-corrected chi connectivity index (χ0v) is 19.8. The molecule has 0 radical (unpaired) electrons. The number of carboxylic acids is 1. The van der Waals surface area contributed by atoms with E-state index in [1.807, 2.05) is 0 Å². The second-order valence-electron chi connectivity index (χ2n) is 8.07. The molecule has 4 aromatic rings. The van der Waals surface area contributed by atoms with Gasteiger partial charge < -0.3 is 28.5 Å². The van der Waals surface area contributed by atoms with Gasteiger partial charge in [-0.3, -0.25) is 9.59 Å². The third-order valence-electron chi connectivity index (χ3n) is 6.00. The third kappa shape index (κ3) is 3.92. The number of ether oxygens (including phenoxy) is 4. The SMILES string of the molecule is COc1ccc(-c2oc3ccc4c(c3c2CC(=O)O)OC(=Cc2ccc(OC)cc2OC)C4=O)cc1. The summed E-state index contributed by atoms with van der Waals surface area (Å²) >= 11 is 0. The molecule has 1 N–H and O–H groups in total. The van der Waals surface area contributed by atoms with E-state index in [9.17, 15) is 14.7 Å². The van der Waals surface area contributed by atoms with E-state index >= 15 is 0 Å². The zero-order valence-electron chi connectivity index (χ0n) is 19.8. The van der Waals surface area contributed by atoms with Crippen LogP contribution in [0.3, 0.4) is 0 Å². The third-order valence-corrected chi connectivity index (χ3v) is 6.00. The van der Waals surface area contributed by atoms with Gasteiger partial charge in [0.05, 0.1) is 38.7 Å². The van der Waals surface area contributed by atoms with Gasteiger partial charge in [-0.05, 0) is 54.6 Å². The minimum Gasteiger partial charge on any atom is -0.497 e. The van der Waals surface area contributed by atoms with Gasteiger partial charge in [0.2, 0.25) is 5.78 Å². The van der Waals surface area contributed by atoms with Crippen molar-refractivity contribution in [1.82, 2.24) is 0 Å². The van der Waals surface area contributed by atoms with Crippen LogP contribution < -0.4 is 18.9 Å². The first kappa shape index (κ1) is 23.0. The summed E-state index contributed by atoms with van der Waals surface area (Å²) in [5.41, 5.74) is 2.49. The summed E-state index contributed by atoms with van der Waals surface area (Å²) in [6.07, 6.45) is 1.28. The lowest BCUT2D eigenvalue weighted by molar-refractivity contribution is -0.136. The molecule has 0 fully saturated rings. The molecule has 36 heavy (non-hydrogen) atoms. The first-order valence-electron chi connectivity index (χ1n) is 11.0. The number of hydrogen-bond acceptors (Lipinski definition) is 7. The summed E-state index contributed by atoms with van der Waals surface area (Å²) in [4.78, 5) is 25.0. The Morgan fingerprint density at radius 2 is 1.67 bits per heavy atom. The molecule has 0 aliphatic carbocycles. The van der Waals surface area contributed by atoms with Crippen molar-refractivity contribution in [2.75, 3.05) is 21.3 Å². The average molecular weight is 486 g/mol. The molecule has 1 aliphatic heterocycles. The fraction of sp³-hybridized carbons (Fsp3) is 0.143. The number of methoxy groups -OCH3 is 3. The Hall–Kier alpha value is -4.72. The molecule has 1 aliphatic rings. The molecular formula is C28H22O8. The standard InChI is InChI=1S/C28H22O8/c1-32-17-7-4-15(5-8-17)27-20(14-24(29)30)25-21(35-27)11-10-19-26(31)23(36-28(19)25)12-16-6-9-18(33-2)13-22(16)34-3/h4-13H,14H2,1-3H3,(H,29,30). The predicted octanol–water partition coefficient (Wildman–Crippen LogP) is 5.37. The van der Waals surface area contributed by atoms with Gasteiger partial charge in [0.25, 0.3) is 0 Å². The highest BCUT2D eigenvalue weighted by molar-refractivity contribution is 6.18. The largest absolute Gasteiger partial charge is 0.497 e. The van der Waals surface area contributed by atoms with Crippen molar-refractivity contribution in [3.63, 3.8) is 0 Å². The van der Waals surface area contributed by atoms with Crippen LogP contribution in [0, 0.1) is 0 Å². The molecular weight excluding hydrogens is 464 g/mol. The fourth-order valence-corrected chi connectivity index (χ4v) is 4.26. The van der Waals surface area contributed by atoms with E-state index in [1.54, 1.807) is 74.9 Å². The molecule has 0 unspecified atom stereocenters. The Morgan fingerprint density at radius 3 is 2.33 bits per heavy atom. The van der Waals surface area contributed by atoms with Crippen molar-refractivity contribution in [1.29, 1.82) is 0 Å². The second-order valence-corrected chi connectivity index (χ2v) is 8.07. The number of carboxylic acid groups (broad SMARTS) is 1. The maximum Gasteiger partial charge on any atom is 0.307 e. The lowest BCUT2D eigenvalue weighted by Gasteiger charge is -2.08. The summed E-state index contributed by atoms with van der Waals surface area (Å²) < 4.78 is 28.0. The van der Waals surface area contributed by atoms with Crippen molar-refractivity contribution in [2.45, 2.75) is 6.42 Å². The summed E-state index contributed by atoms with van der Waals surface area (Å²) in [6.45, 7) is 0. The number of carbonyl (C=O) groups is 2. The van der Waals surface area contributed by atoms with Crippen LogP contribution >= 0.6 is 0 Å². The van der Waals surface area contributed by atoms with E-state index < -0.39 is 5.97 Å². The van der Waals surface area contributed by atoms with Gasteiger partial charge in [-0.1, -0.05) is 0 Å². The summed E-state index contributed by atoms with van der Waals surface area (Å²) in [6, 6.07) is 15.6. The molecule has 5 rings (SSSR count). The van der Waals surface area contributed by atoms with Crippen LogP contribution in [0.2, 0.25) is 0 Å². The molecule has 3 aromatic carbocycles. The normalized spacial score (nSPS) is 13.5. The molecule has 0 saturated carbocycles. The van der Waals surface area contributed by atoms with Crippen LogP contribution in [-0.4, -0.2) is 38.2 Å². The number of furan rings is 1. The minimum atomic E-state index is -1.03. The number of rotatable bonds is 7. The summed E-state index contributed by atoms with van der Waals surface area (Å²) in [5, 5.41) is 10.1. The number of aliphatic carboxylic acids is 1. The Balaban J connectivity index is 1.64. The van der Waals surface area contributed by atoms with E-state index in [0.29, 0.717) is 56.2 Å². The van der Waals surface area contributed by atoms with Crippen molar-refractivity contribution in [3.8, 4) is 34.3 Å². The van der Waals surface area contributed by atoms with Gasteiger partial charge in [0.1, 0.15) is 34.3 Å². The van der Waals surface area contributed by atoms with Crippen LogP contribution in [0.1, 0.15) is 21.5 Å². The minimum absolute atomic E-state index is 0.0921. The van der Waals surface area contributed by atoms with E-state index in [-0.39, 0.29) is 23.7 Å². The van der Waals surface area contributed by atoms with Gasteiger partial charge in [0.15, 0.2) is 5.76 Å². The maximum absolute atomic E-state index is 13.2. The van der Waals surface area contributed by atoms with E-state index in [0.717, 1.165) is 0 Å². The highest BCUT2D eigenvalue weighted by atomic mass is 16.5. The number of allylic oxidation sites excluding steroid dienone is 1. The lowest BCUT2D eigenvalue weighted by atomic mass is 10.00. The molecule has 0 atom stereocenters. The Morgan fingerprint density at radius 1 is 0.944 bits per heavy atom. The molecule has 8 nitrogen and oxygen atoms in total. The number of carbonyl (C=O) groups excluding carboxylic acids is 1. The fourth-order valence-electron chi connectivity index (χ4n) is 4.26. The Bertz CT molecular complexity index is 1530.